The van der Waals surface area contributed by atoms with Crippen LogP contribution in [-0.2, 0) is 6.42 Å². The van der Waals surface area contributed by atoms with Gasteiger partial charge in [0.15, 0.2) is 0 Å². The maximum absolute atomic E-state index is 2.21. The van der Waals surface area contributed by atoms with Crippen LogP contribution in [0.4, 0.5) is 0 Å². The Morgan fingerprint density at radius 1 is 0.246 bits per heavy atom. The van der Waals surface area contributed by atoms with Crippen molar-refractivity contribution < 1.29 is 0 Å². The summed E-state index contributed by atoms with van der Waals surface area (Å²) in [5, 5.41) is 0. The second kappa shape index (κ2) is 23.2. The van der Waals surface area contributed by atoms with E-state index in [2.05, 4.69) is 240 Å². The molecule has 8 rings (SSSR count). The Hall–Kier alpha value is -6.76. The van der Waals surface area contributed by atoms with Gasteiger partial charge in [-0.3, -0.25) is 0 Å². The maximum atomic E-state index is 2.21. The Balaban J connectivity index is 0.000000153. The molecule has 0 unspecified atom stereocenters. The molecule has 0 fully saturated rings. The first-order chi connectivity index (χ1) is 27.9. The van der Waals surface area contributed by atoms with Gasteiger partial charge in [0, 0.05) is 0 Å². The van der Waals surface area contributed by atoms with E-state index in [1.165, 1.54) is 66.8 Å². The predicted octanol–water partition coefficient (Wildman–Crippen LogP) is 15.6. The van der Waals surface area contributed by atoms with Gasteiger partial charge in [0.05, 0.1) is 0 Å². The Labute approximate surface area is 342 Å². The molecule has 0 heterocycles. The SMILES string of the molecule is C(=C\c1ccc(Cc2ccccc2)cc1)/c1ccccc1.Cc1ccc(-c2ccc(C)cc2)cc1.Cc1ccc(/C=C/c2ccccc2)cc1.Cc1ccccc1. The van der Waals surface area contributed by atoms with Crippen molar-refractivity contribution >= 4 is 24.3 Å². The number of rotatable bonds is 7. The van der Waals surface area contributed by atoms with Crippen LogP contribution in [0.3, 0.4) is 0 Å². The summed E-state index contributed by atoms with van der Waals surface area (Å²) >= 11 is 0. The van der Waals surface area contributed by atoms with Crippen LogP contribution in [0, 0.1) is 27.7 Å². The second-order valence-electron chi connectivity index (χ2n) is 14.2. The van der Waals surface area contributed by atoms with Crippen molar-refractivity contribution in [3.63, 3.8) is 0 Å². The van der Waals surface area contributed by atoms with E-state index in [1.807, 2.05) is 30.3 Å². The van der Waals surface area contributed by atoms with E-state index < -0.39 is 0 Å². The highest BCUT2D eigenvalue weighted by Crippen LogP contribution is 2.20. The fourth-order valence-electron chi connectivity index (χ4n) is 5.80. The van der Waals surface area contributed by atoms with E-state index in [1.54, 1.807) is 0 Å². The van der Waals surface area contributed by atoms with Crippen molar-refractivity contribution in [3.05, 3.63) is 274 Å². The summed E-state index contributed by atoms with van der Waals surface area (Å²) < 4.78 is 0. The zero-order valence-corrected chi connectivity index (χ0v) is 33.8. The van der Waals surface area contributed by atoms with E-state index in [0.29, 0.717) is 0 Å². The lowest BCUT2D eigenvalue weighted by atomic mass is 10.0. The van der Waals surface area contributed by atoms with Gasteiger partial charge in [-0.2, -0.15) is 0 Å². The first-order valence-corrected chi connectivity index (χ1v) is 19.7. The fourth-order valence-corrected chi connectivity index (χ4v) is 5.80. The fraction of sp³-hybridized carbons (Fsp3) is 0.0877. The molecule has 0 aliphatic rings. The third kappa shape index (κ3) is 15.9. The third-order valence-electron chi connectivity index (χ3n) is 9.22. The van der Waals surface area contributed by atoms with Crippen LogP contribution >= 0.6 is 0 Å². The molecular weight excluding hydrogens is 685 g/mol. The standard InChI is InChI=1S/C21H18.C15H14.C14H14.C7H8/c1-3-7-18(8-4-1)11-12-19-13-15-21(16-14-19)17-20-9-5-2-6-10-20;1-13-7-9-15(10-8-13)12-11-14-5-3-2-4-6-14;1-11-3-7-13(8-4-11)14-9-5-12(2)6-10-14;1-7-5-3-2-4-6-7/h1-16H,17H2;2-12H,1H3;3-10H,1-2H3;2-6H,1H3/b2*12-11+;;. The van der Waals surface area contributed by atoms with Gasteiger partial charge >= 0.3 is 0 Å². The van der Waals surface area contributed by atoms with Crippen LogP contribution in [0.2, 0.25) is 0 Å². The van der Waals surface area contributed by atoms with Gasteiger partial charge in [0.25, 0.3) is 0 Å². The molecule has 0 amide bonds. The van der Waals surface area contributed by atoms with Crippen LogP contribution in [-0.4, -0.2) is 0 Å². The predicted molar refractivity (Wildman–Crippen MR) is 250 cm³/mol. The first kappa shape index (κ1) is 41.4. The van der Waals surface area contributed by atoms with E-state index in [0.717, 1.165) is 6.42 Å². The molecule has 8 aromatic carbocycles. The molecule has 0 N–H and O–H groups in total. The number of aryl methyl sites for hydroxylation is 4. The minimum absolute atomic E-state index is 0.990. The van der Waals surface area contributed by atoms with Crippen LogP contribution in [0.5, 0.6) is 0 Å². The minimum atomic E-state index is 0.990. The maximum Gasteiger partial charge on any atom is -0.00258 e. The van der Waals surface area contributed by atoms with Crippen LogP contribution in [0.15, 0.2) is 218 Å². The Bertz CT molecular complexity index is 2270. The summed E-state index contributed by atoms with van der Waals surface area (Å²) in [5.74, 6) is 0. The van der Waals surface area contributed by atoms with Gasteiger partial charge in [-0.1, -0.05) is 265 Å². The topological polar surface area (TPSA) is 0 Å². The second-order valence-corrected chi connectivity index (χ2v) is 14.2. The summed E-state index contributed by atoms with van der Waals surface area (Å²) in [6.45, 7) is 8.41. The van der Waals surface area contributed by atoms with Crippen molar-refractivity contribution in [1.82, 2.24) is 0 Å². The minimum Gasteiger partial charge on any atom is -0.0622 e. The summed E-state index contributed by atoms with van der Waals surface area (Å²) in [5.41, 5.74) is 15.4. The van der Waals surface area contributed by atoms with Crippen molar-refractivity contribution in [3.8, 4) is 11.1 Å². The molecule has 8 aromatic rings. The highest BCUT2D eigenvalue weighted by atomic mass is 14.0. The molecule has 0 saturated carbocycles. The molecule has 57 heavy (non-hydrogen) atoms. The van der Waals surface area contributed by atoms with E-state index >= 15 is 0 Å². The van der Waals surface area contributed by atoms with Crippen molar-refractivity contribution in [2.45, 2.75) is 34.1 Å². The molecule has 0 nitrogen and oxygen atoms in total. The number of hydrogen-bond acceptors (Lipinski definition) is 0. The summed E-state index contributed by atoms with van der Waals surface area (Å²) in [4.78, 5) is 0. The normalized spacial score (nSPS) is 10.4. The van der Waals surface area contributed by atoms with Crippen LogP contribution < -0.4 is 0 Å². The molecule has 0 bridgehead atoms. The van der Waals surface area contributed by atoms with E-state index in [9.17, 15) is 0 Å². The molecule has 282 valence electrons. The molecule has 0 saturated heterocycles. The number of benzene rings is 8. The molecule has 0 atom stereocenters. The van der Waals surface area contributed by atoms with Crippen molar-refractivity contribution in [2.24, 2.45) is 0 Å². The largest absolute Gasteiger partial charge is 0.0622 e. The lowest BCUT2D eigenvalue weighted by molar-refractivity contribution is 1.19. The lowest BCUT2D eigenvalue weighted by Gasteiger charge is -2.02. The summed E-state index contributed by atoms with van der Waals surface area (Å²) in [7, 11) is 0. The third-order valence-corrected chi connectivity index (χ3v) is 9.22. The summed E-state index contributed by atoms with van der Waals surface area (Å²) in [6, 6.07) is 76.1. The zero-order valence-electron chi connectivity index (χ0n) is 33.8. The average Bonchev–Trinajstić information content (AvgIpc) is 3.26. The van der Waals surface area contributed by atoms with Crippen molar-refractivity contribution in [2.75, 3.05) is 0 Å². The Morgan fingerprint density at radius 3 is 0.860 bits per heavy atom. The van der Waals surface area contributed by atoms with Gasteiger partial charge < -0.3 is 0 Å². The lowest BCUT2D eigenvalue weighted by Crippen LogP contribution is -1.87. The van der Waals surface area contributed by atoms with Gasteiger partial charge in [-0.05, 0) is 78.6 Å². The monoisotopic (exact) mass is 738 g/mol. The molecule has 0 aromatic heterocycles. The Kier molecular flexibility index (Phi) is 16.9. The average molecular weight is 739 g/mol. The quantitative estimate of drug-likeness (QED) is 0.143. The van der Waals surface area contributed by atoms with E-state index in [4.69, 9.17) is 0 Å². The van der Waals surface area contributed by atoms with Gasteiger partial charge in [-0.15, -0.1) is 0 Å². The molecule has 0 spiro atoms. The summed E-state index contributed by atoms with van der Waals surface area (Å²) in [6.07, 6.45) is 9.55. The van der Waals surface area contributed by atoms with Gasteiger partial charge in [0.1, 0.15) is 0 Å². The zero-order chi connectivity index (χ0) is 39.9. The highest BCUT2D eigenvalue weighted by molar-refractivity contribution is 5.70. The molecule has 0 heteroatoms. The van der Waals surface area contributed by atoms with Crippen LogP contribution in [0.25, 0.3) is 35.4 Å². The smallest absolute Gasteiger partial charge is 0.00258 e. The molecule has 0 radical (unpaired) electrons. The van der Waals surface area contributed by atoms with Gasteiger partial charge in [0.2, 0.25) is 0 Å². The van der Waals surface area contributed by atoms with E-state index in [-0.39, 0.29) is 0 Å². The molecular formula is C57H54. The molecule has 0 aliphatic carbocycles. The van der Waals surface area contributed by atoms with Crippen LogP contribution in [0.1, 0.15) is 55.6 Å². The van der Waals surface area contributed by atoms with Crippen molar-refractivity contribution in [1.29, 1.82) is 0 Å². The molecule has 0 aliphatic heterocycles. The Morgan fingerprint density at radius 2 is 0.509 bits per heavy atom. The highest BCUT2D eigenvalue weighted by Gasteiger charge is 1.97. The van der Waals surface area contributed by atoms with Gasteiger partial charge in [-0.25, -0.2) is 0 Å². The first-order valence-electron chi connectivity index (χ1n) is 19.7. The number of hydrogen-bond donors (Lipinski definition) is 0.